The van der Waals surface area contributed by atoms with Crippen LogP contribution in [0.3, 0.4) is 0 Å². The van der Waals surface area contributed by atoms with Crippen LogP contribution in [0, 0.1) is 0 Å². The standard InChI is InChI=1S/C13H18N2O2.C2H4O/c1-5-6-7-11-9(2)8-15(13(11)17)10(3)12(16)14-4;1-2-3/h5-7,10H,1,8H2,2-4H3,(H,14,16);2H,1H3/b7-6-;. The third-order valence-corrected chi connectivity index (χ3v) is 2.85. The van der Waals surface area contributed by atoms with Gasteiger partial charge in [-0.25, -0.2) is 0 Å². The number of carbonyl (C=O) groups is 3. The quantitative estimate of drug-likeness (QED) is 0.621. The van der Waals surface area contributed by atoms with Crippen molar-refractivity contribution in [1.82, 2.24) is 10.2 Å². The van der Waals surface area contributed by atoms with Gasteiger partial charge in [0, 0.05) is 19.2 Å². The highest BCUT2D eigenvalue weighted by Crippen LogP contribution is 2.22. The molecule has 5 nitrogen and oxygen atoms in total. The molecule has 1 aliphatic rings. The molecular weight excluding hydrogens is 256 g/mol. The highest BCUT2D eigenvalue weighted by molar-refractivity contribution is 6.02. The van der Waals surface area contributed by atoms with E-state index in [0.717, 1.165) is 11.9 Å². The van der Waals surface area contributed by atoms with E-state index in [2.05, 4.69) is 11.9 Å². The fourth-order valence-corrected chi connectivity index (χ4v) is 1.79. The predicted molar refractivity (Wildman–Crippen MR) is 79.0 cm³/mol. The maximum absolute atomic E-state index is 12.1. The molecule has 0 bridgehead atoms. The van der Waals surface area contributed by atoms with Gasteiger partial charge in [0.25, 0.3) is 5.91 Å². The molecule has 1 rings (SSSR count). The van der Waals surface area contributed by atoms with E-state index in [0.29, 0.717) is 12.1 Å². The van der Waals surface area contributed by atoms with Gasteiger partial charge in [-0.1, -0.05) is 18.7 Å². The summed E-state index contributed by atoms with van der Waals surface area (Å²) in [6.07, 6.45) is 5.84. The van der Waals surface area contributed by atoms with E-state index in [1.165, 1.54) is 6.92 Å². The van der Waals surface area contributed by atoms with E-state index in [1.54, 1.807) is 37.1 Å². The van der Waals surface area contributed by atoms with Gasteiger partial charge in [0.15, 0.2) is 0 Å². The van der Waals surface area contributed by atoms with Crippen molar-refractivity contribution in [3.8, 4) is 0 Å². The molecular formula is C15H22N2O3. The van der Waals surface area contributed by atoms with E-state index >= 15 is 0 Å². The van der Waals surface area contributed by atoms with Crippen LogP contribution in [-0.4, -0.2) is 42.6 Å². The third-order valence-electron chi connectivity index (χ3n) is 2.85. The number of hydrogen-bond acceptors (Lipinski definition) is 3. The van der Waals surface area contributed by atoms with Crippen molar-refractivity contribution in [1.29, 1.82) is 0 Å². The van der Waals surface area contributed by atoms with E-state index in [-0.39, 0.29) is 11.8 Å². The molecule has 1 N–H and O–H groups in total. The second-order valence-electron chi connectivity index (χ2n) is 4.25. The number of rotatable bonds is 4. The summed E-state index contributed by atoms with van der Waals surface area (Å²) < 4.78 is 0. The molecule has 0 radical (unpaired) electrons. The lowest BCUT2D eigenvalue weighted by atomic mass is 10.1. The zero-order chi connectivity index (χ0) is 15.7. The number of amides is 2. The Balaban J connectivity index is 0.00000110. The predicted octanol–water partition coefficient (Wildman–Crippen LogP) is 1.23. The summed E-state index contributed by atoms with van der Waals surface area (Å²) in [5, 5.41) is 2.55. The Morgan fingerprint density at radius 1 is 1.50 bits per heavy atom. The maximum atomic E-state index is 12.1. The molecule has 110 valence electrons. The van der Waals surface area contributed by atoms with E-state index < -0.39 is 6.04 Å². The summed E-state index contributed by atoms with van der Waals surface area (Å²) >= 11 is 0. The van der Waals surface area contributed by atoms with E-state index in [1.807, 2.05) is 6.92 Å². The summed E-state index contributed by atoms with van der Waals surface area (Å²) in [7, 11) is 1.57. The third kappa shape index (κ3) is 4.50. The minimum Gasteiger partial charge on any atom is -0.357 e. The molecule has 1 atom stereocenters. The second-order valence-corrected chi connectivity index (χ2v) is 4.25. The highest BCUT2D eigenvalue weighted by Gasteiger charge is 2.32. The summed E-state index contributed by atoms with van der Waals surface area (Å²) in [6, 6.07) is -0.447. The molecule has 0 aromatic rings. The smallest absolute Gasteiger partial charge is 0.254 e. The van der Waals surface area contributed by atoms with Crippen molar-refractivity contribution in [2.24, 2.45) is 0 Å². The molecule has 0 saturated carbocycles. The minimum atomic E-state index is -0.447. The summed E-state index contributed by atoms with van der Waals surface area (Å²) in [5.41, 5.74) is 1.63. The highest BCUT2D eigenvalue weighted by atomic mass is 16.2. The number of likely N-dealkylation sites (N-methyl/N-ethyl adjacent to an activating group) is 1. The first-order valence-corrected chi connectivity index (χ1v) is 6.35. The molecule has 0 aromatic carbocycles. The molecule has 0 fully saturated rings. The van der Waals surface area contributed by atoms with Crippen LogP contribution in [0.15, 0.2) is 36.0 Å². The zero-order valence-corrected chi connectivity index (χ0v) is 12.5. The van der Waals surface area contributed by atoms with E-state index in [9.17, 15) is 9.59 Å². The lowest BCUT2D eigenvalue weighted by Gasteiger charge is -2.23. The van der Waals surface area contributed by atoms with E-state index in [4.69, 9.17) is 4.79 Å². The van der Waals surface area contributed by atoms with Crippen LogP contribution in [-0.2, 0) is 14.4 Å². The molecule has 1 heterocycles. The molecule has 1 unspecified atom stereocenters. The lowest BCUT2D eigenvalue weighted by Crippen LogP contribution is -2.45. The van der Waals surface area contributed by atoms with Gasteiger partial charge in [0.05, 0.1) is 0 Å². The van der Waals surface area contributed by atoms with Crippen molar-refractivity contribution in [2.75, 3.05) is 13.6 Å². The Bertz CT molecular complexity index is 450. The van der Waals surface area contributed by atoms with Gasteiger partial charge in [-0.15, -0.1) is 0 Å². The lowest BCUT2D eigenvalue weighted by molar-refractivity contribution is -0.135. The minimum absolute atomic E-state index is 0.100. The number of aldehydes is 1. The van der Waals surface area contributed by atoms with Crippen LogP contribution in [0.2, 0.25) is 0 Å². The summed E-state index contributed by atoms with van der Waals surface area (Å²) in [5.74, 6) is -0.253. The molecule has 5 heteroatoms. The largest absolute Gasteiger partial charge is 0.357 e. The number of nitrogens with zero attached hydrogens (tertiary/aromatic N) is 1. The molecule has 0 saturated heterocycles. The maximum Gasteiger partial charge on any atom is 0.254 e. The monoisotopic (exact) mass is 278 g/mol. The molecule has 20 heavy (non-hydrogen) atoms. The van der Waals surface area contributed by atoms with Crippen LogP contribution < -0.4 is 5.32 Å². The first kappa shape index (κ1) is 17.8. The first-order chi connectivity index (χ1) is 9.44. The SMILES string of the molecule is C=C/C=C\C1=C(C)CN(C(C)C(=O)NC)C1=O.CC=O. The van der Waals surface area contributed by atoms with Crippen LogP contribution in [0.25, 0.3) is 0 Å². The molecule has 0 aromatic heterocycles. The Hall–Kier alpha value is -2.17. The first-order valence-electron chi connectivity index (χ1n) is 6.35. The topological polar surface area (TPSA) is 66.5 Å². The average molecular weight is 278 g/mol. The van der Waals surface area contributed by atoms with Crippen molar-refractivity contribution >= 4 is 18.1 Å². The van der Waals surface area contributed by atoms with Gasteiger partial charge < -0.3 is 15.0 Å². The Labute approximate surface area is 120 Å². The van der Waals surface area contributed by atoms with Gasteiger partial charge in [0.2, 0.25) is 5.91 Å². The Morgan fingerprint density at radius 3 is 2.50 bits per heavy atom. The van der Waals surface area contributed by atoms with Crippen LogP contribution in [0.5, 0.6) is 0 Å². The number of allylic oxidation sites excluding steroid dienone is 2. The number of nitrogens with one attached hydrogen (secondary N) is 1. The fourth-order valence-electron chi connectivity index (χ4n) is 1.79. The summed E-state index contributed by atoms with van der Waals surface area (Å²) in [4.78, 5) is 34.0. The fraction of sp³-hybridized carbons (Fsp3) is 0.400. The summed E-state index contributed by atoms with van der Waals surface area (Å²) in [6.45, 7) is 9.14. The number of hydrogen-bond donors (Lipinski definition) is 1. The van der Waals surface area contributed by atoms with Crippen molar-refractivity contribution in [3.05, 3.63) is 36.0 Å². The Morgan fingerprint density at radius 2 is 2.05 bits per heavy atom. The molecule has 1 aliphatic heterocycles. The van der Waals surface area contributed by atoms with Crippen molar-refractivity contribution in [2.45, 2.75) is 26.8 Å². The second kappa shape index (κ2) is 8.85. The normalized spacial score (nSPS) is 15.8. The van der Waals surface area contributed by atoms with Gasteiger partial charge in [-0.05, 0) is 32.4 Å². The zero-order valence-electron chi connectivity index (χ0n) is 12.5. The average Bonchev–Trinajstić information content (AvgIpc) is 2.71. The molecule has 0 spiro atoms. The van der Waals surface area contributed by atoms with Crippen molar-refractivity contribution in [3.63, 3.8) is 0 Å². The van der Waals surface area contributed by atoms with Crippen LogP contribution in [0.4, 0.5) is 0 Å². The van der Waals surface area contributed by atoms with Crippen LogP contribution >= 0.6 is 0 Å². The number of carbonyl (C=O) groups excluding carboxylic acids is 3. The van der Waals surface area contributed by atoms with Gasteiger partial charge >= 0.3 is 0 Å². The molecule has 2 amide bonds. The van der Waals surface area contributed by atoms with Crippen LogP contribution in [0.1, 0.15) is 20.8 Å². The van der Waals surface area contributed by atoms with Crippen molar-refractivity contribution < 1.29 is 14.4 Å². The van der Waals surface area contributed by atoms with Gasteiger partial charge in [0.1, 0.15) is 12.3 Å². The molecule has 0 aliphatic carbocycles. The van der Waals surface area contributed by atoms with Gasteiger partial charge in [-0.2, -0.15) is 0 Å². The Kier molecular flexibility index (Phi) is 7.89. The van der Waals surface area contributed by atoms with Gasteiger partial charge in [-0.3, -0.25) is 9.59 Å².